The predicted octanol–water partition coefficient (Wildman–Crippen LogP) is 3.80. The van der Waals surface area contributed by atoms with Gasteiger partial charge in [0.25, 0.3) is 0 Å². The van der Waals surface area contributed by atoms with Crippen LogP contribution in [0.2, 0.25) is 0 Å². The topological polar surface area (TPSA) is 49.4 Å². The minimum atomic E-state index is -2.37. The fourth-order valence-electron chi connectivity index (χ4n) is 2.01. The van der Waals surface area contributed by atoms with Crippen molar-refractivity contribution in [1.82, 2.24) is 0 Å². The quantitative estimate of drug-likeness (QED) is 0.268. The minimum Gasteiger partial charge on any atom is -0.772 e. The summed E-state index contributed by atoms with van der Waals surface area (Å²) in [6.45, 7) is 0. The lowest BCUT2D eigenvalue weighted by atomic mass is 10.1. The molecule has 3 nitrogen and oxygen atoms in total. The van der Waals surface area contributed by atoms with Gasteiger partial charge >= 0.3 is 0 Å². The van der Waals surface area contributed by atoms with E-state index in [-0.39, 0.29) is 5.75 Å². The highest BCUT2D eigenvalue weighted by atomic mass is 32.2. The van der Waals surface area contributed by atoms with Crippen molar-refractivity contribution < 1.29 is 31.1 Å². The van der Waals surface area contributed by atoms with Crippen LogP contribution < -0.4 is 4.74 Å². The van der Waals surface area contributed by atoms with Crippen LogP contribution in [0.15, 0.2) is 24.3 Å². The summed E-state index contributed by atoms with van der Waals surface area (Å²) in [4.78, 5) is 0. The third-order valence-electron chi connectivity index (χ3n) is 3.20. The van der Waals surface area contributed by atoms with Crippen molar-refractivity contribution in [3.63, 3.8) is 0 Å². The fraction of sp³-hybridized carbons (Fsp3) is 0.125. The molecule has 0 saturated heterocycles. The van der Waals surface area contributed by atoms with E-state index in [9.17, 15) is 26.3 Å². The van der Waals surface area contributed by atoms with Crippen molar-refractivity contribution in [2.24, 2.45) is 0 Å². The third kappa shape index (κ3) is 4.01. The zero-order valence-electron chi connectivity index (χ0n) is 12.3. The average molecular weight is 359 g/mol. The Labute approximate surface area is 137 Å². The van der Waals surface area contributed by atoms with Crippen molar-refractivity contribution in [3.05, 3.63) is 64.2 Å². The summed E-state index contributed by atoms with van der Waals surface area (Å²) in [7, 11) is 1.40. The number of hydrogen-bond donors (Lipinski definition) is 0. The zero-order chi connectivity index (χ0) is 17.9. The van der Waals surface area contributed by atoms with Gasteiger partial charge in [-0.1, -0.05) is 29.3 Å². The highest BCUT2D eigenvalue weighted by Gasteiger charge is 2.17. The maximum Gasteiger partial charge on any atom is 0.198 e. The van der Waals surface area contributed by atoms with Crippen LogP contribution in [0.25, 0.3) is 12.2 Å². The summed E-state index contributed by atoms with van der Waals surface area (Å²) >= 11 is -2.37. The van der Waals surface area contributed by atoms with Gasteiger partial charge in [-0.3, -0.25) is 4.21 Å². The average Bonchev–Trinajstić information content (AvgIpc) is 2.55. The van der Waals surface area contributed by atoms with E-state index in [1.54, 1.807) is 0 Å². The van der Waals surface area contributed by atoms with Gasteiger partial charge in [0.2, 0.25) is 0 Å². The zero-order valence-corrected chi connectivity index (χ0v) is 13.1. The molecule has 2 rings (SSSR count). The van der Waals surface area contributed by atoms with Crippen LogP contribution in [-0.4, -0.2) is 15.9 Å². The summed E-state index contributed by atoms with van der Waals surface area (Å²) in [5, 5.41) is 0. The Balaban J connectivity index is 2.46. The van der Waals surface area contributed by atoms with Crippen LogP contribution in [-0.2, 0) is 16.8 Å². The van der Waals surface area contributed by atoms with E-state index >= 15 is 0 Å². The van der Waals surface area contributed by atoms with E-state index in [0.29, 0.717) is 22.9 Å². The van der Waals surface area contributed by atoms with E-state index in [2.05, 4.69) is 0 Å². The summed E-state index contributed by atoms with van der Waals surface area (Å²) in [6, 6.07) is 5.02. The first kappa shape index (κ1) is 18.2. The normalized spacial score (nSPS) is 12.6. The third-order valence-corrected chi connectivity index (χ3v) is 3.75. The van der Waals surface area contributed by atoms with Crippen molar-refractivity contribution >= 4 is 23.2 Å². The molecule has 0 aliphatic rings. The molecular weight excluding hydrogens is 348 g/mol. The molecule has 2 aromatic rings. The van der Waals surface area contributed by atoms with Crippen LogP contribution >= 0.6 is 0 Å². The molecule has 0 N–H and O–H groups in total. The van der Waals surface area contributed by atoms with Crippen LogP contribution in [0, 0.1) is 23.3 Å². The lowest BCUT2D eigenvalue weighted by molar-refractivity contribution is 0.408. The van der Waals surface area contributed by atoms with Crippen molar-refractivity contribution in [1.29, 1.82) is 0 Å². The van der Waals surface area contributed by atoms with E-state index in [1.807, 2.05) is 0 Å². The number of hydrogen-bond acceptors (Lipinski definition) is 3. The summed E-state index contributed by atoms with van der Waals surface area (Å²) in [6.07, 6.45) is 2.28. The van der Waals surface area contributed by atoms with Gasteiger partial charge in [0.15, 0.2) is 23.3 Å². The second-order valence-electron chi connectivity index (χ2n) is 4.74. The number of benzene rings is 2. The molecule has 0 fully saturated rings. The number of rotatable bonds is 5. The standard InChI is InChI=1S/C16H12F4O3S/c1-23-12-5-4-11(8-24(21)22)9(6-12)2-3-10-7-13(17)15(19)16(20)14(10)18/h2-7H,8H2,1H3,(H,21,22)/p-1. The highest BCUT2D eigenvalue weighted by molar-refractivity contribution is 7.78. The Hall–Kier alpha value is -2.19. The van der Waals surface area contributed by atoms with E-state index < -0.39 is 39.9 Å². The van der Waals surface area contributed by atoms with Crippen molar-refractivity contribution in [2.45, 2.75) is 5.75 Å². The van der Waals surface area contributed by atoms with Gasteiger partial charge in [0.1, 0.15) is 5.75 Å². The van der Waals surface area contributed by atoms with Gasteiger partial charge in [-0.2, -0.15) is 0 Å². The summed E-state index contributed by atoms with van der Waals surface area (Å²) < 4.78 is 79.8. The lowest BCUT2D eigenvalue weighted by Crippen LogP contribution is -1.99. The molecule has 128 valence electrons. The van der Waals surface area contributed by atoms with E-state index in [1.165, 1.54) is 31.4 Å². The number of halogens is 4. The Morgan fingerprint density at radius 3 is 2.33 bits per heavy atom. The van der Waals surface area contributed by atoms with Gasteiger partial charge in [-0.05, 0) is 29.3 Å². The second kappa shape index (κ2) is 7.59. The Bertz CT molecular complexity index is 821. The molecule has 0 heterocycles. The molecule has 0 aliphatic heterocycles. The van der Waals surface area contributed by atoms with Gasteiger partial charge < -0.3 is 9.29 Å². The summed E-state index contributed by atoms with van der Waals surface area (Å²) in [5.74, 6) is -6.78. The van der Waals surface area contributed by atoms with Gasteiger partial charge in [-0.15, -0.1) is 0 Å². The molecule has 0 aromatic heterocycles. The monoisotopic (exact) mass is 359 g/mol. The molecule has 0 spiro atoms. The summed E-state index contributed by atoms with van der Waals surface area (Å²) in [5.41, 5.74) is 0.218. The van der Waals surface area contributed by atoms with Gasteiger partial charge in [0.05, 0.1) is 7.11 Å². The molecule has 1 unspecified atom stereocenters. The molecule has 0 radical (unpaired) electrons. The minimum absolute atomic E-state index is 0.307. The Kier molecular flexibility index (Phi) is 5.74. The molecule has 1 atom stereocenters. The van der Waals surface area contributed by atoms with Crippen LogP contribution in [0.5, 0.6) is 5.75 Å². The largest absolute Gasteiger partial charge is 0.772 e. The van der Waals surface area contributed by atoms with Crippen molar-refractivity contribution in [3.8, 4) is 5.75 Å². The second-order valence-corrected chi connectivity index (χ2v) is 5.63. The van der Waals surface area contributed by atoms with E-state index in [0.717, 1.165) is 6.08 Å². The van der Waals surface area contributed by atoms with Gasteiger partial charge in [-0.25, -0.2) is 17.6 Å². The molecule has 2 aromatic carbocycles. The first-order valence-corrected chi connectivity index (χ1v) is 7.81. The highest BCUT2D eigenvalue weighted by Crippen LogP contribution is 2.24. The molecule has 0 saturated carbocycles. The molecule has 0 bridgehead atoms. The van der Waals surface area contributed by atoms with E-state index in [4.69, 9.17) is 4.74 Å². The molecule has 0 aliphatic carbocycles. The molecule has 8 heteroatoms. The van der Waals surface area contributed by atoms with Crippen LogP contribution in [0.4, 0.5) is 17.6 Å². The van der Waals surface area contributed by atoms with Crippen LogP contribution in [0.3, 0.4) is 0 Å². The van der Waals surface area contributed by atoms with Crippen molar-refractivity contribution in [2.75, 3.05) is 7.11 Å². The smallest absolute Gasteiger partial charge is 0.198 e. The first-order valence-electron chi connectivity index (χ1n) is 6.57. The Morgan fingerprint density at radius 1 is 1.04 bits per heavy atom. The Morgan fingerprint density at radius 2 is 1.71 bits per heavy atom. The first-order chi connectivity index (χ1) is 11.3. The van der Waals surface area contributed by atoms with Gasteiger partial charge in [0, 0.05) is 11.3 Å². The fourth-order valence-corrected chi connectivity index (χ4v) is 2.52. The molecular formula is C16H11F4O3S-. The predicted molar refractivity (Wildman–Crippen MR) is 80.8 cm³/mol. The maximum absolute atomic E-state index is 13.6. The SMILES string of the molecule is COc1ccc(CS(=O)[O-])c(C=Cc2cc(F)c(F)c(F)c2F)c1. The molecule has 0 amide bonds. The molecule has 24 heavy (non-hydrogen) atoms. The maximum atomic E-state index is 13.6. The number of ether oxygens (including phenoxy) is 1. The lowest BCUT2D eigenvalue weighted by Gasteiger charge is -2.10. The van der Waals surface area contributed by atoms with Crippen LogP contribution in [0.1, 0.15) is 16.7 Å². The number of methoxy groups -OCH3 is 1.